The Morgan fingerprint density at radius 2 is 2.00 bits per heavy atom. The van der Waals surface area contributed by atoms with Crippen LogP contribution in [0.3, 0.4) is 0 Å². The van der Waals surface area contributed by atoms with E-state index in [1.54, 1.807) is 11.1 Å². The van der Waals surface area contributed by atoms with E-state index in [2.05, 4.69) is 16.9 Å². The van der Waals surface area contributed by atoms with E-state index in [-0.39, 0.29) is 11.9 Å². The lowest BCUT2D eigenvalue weighted by molar-refractivity contribution is -0.137. The number of amides is 2. The molecule has 31 heavy (non-hydrogen) atoms. The Labute approximate surface area is 183 Å². The van der Waals surface area contributed by atoms with Crippen LogP contribution in [-0.2, 0) is 6.18 Å². The summed E-state index contributed by atoms with van der Waals surface area (Å²) in [6.07, 6.45) is -0.282. The van der Waals surface area contributed by atoms with Crippen LogP contribution in [0.25, 0.3) is 5.57 Å². The van der Waals surface area contributed by atoms with E-state index in [4.69, 9.17) is 17.3 Å². The summed E-state index contributed by atoms with van der Waals surface area (Å²) in [5.74, 6) is -0.0660. The van der Waals surface area contributed by atoms with Crippen LogP contribution in [0.4, 0.5) is 23.7 Å². The highest BCUT2D eigenvalue weighted by molar-refractivity contribution is 6.32. The largest absolute Gasteiger partial charge is 0.416 e. The van der Waals surface area contributed by atoms with Crippen molar-refractivity contribution in [3.05, 3.63) is 76.7 Å². The molecule has 0 bridgehead atoms. The first-order valence-corrected chi connectivity index (χ1v) is 9.96. The average molecular weight is 451 g/mol. The molecule has 0 fully saturated rings. The van der Waals surface area contributed by atoms with Crippen molar-refractivity contribution in [1.82, 2.24) is 9.88 Å². The zero-order valence-electron chi connectivity index (χ0n) is 16.8. The highest BCUT2D eigenvalue weighted by atomic mass is 35.5. The molecule has 1 unspecified atom stereocenters. The summed E-state index contributed by atoms with van der Waals surface area (Å²) in [5.41, 5.74) is 8.26. The SMILES string of the molecule is C=C(N)C(C)c1cnc(C2=CCN(C(=O)Nc3ccc(C(F)(F)F)cc3)CC2)c(Cl)c1. The molecule has 9 heteroatoms. The minimum atomic E-state index is -4.42. The van der Waals surface area contributed by atoms with E-state index < -0.39 is 11.7 Å². The molecule has 0 radical (unpaired) electrons. The van der Waals surface area contributed by atoms with Crippen LogP contribution >= 0.6 is 11.6 Å². The van der Waals surface area contributed by atoms with Gasteiger partial charge in [0.25, 0.3) is 0 Å². The number of nitrogens with one attached hydrogen (secondary N) is 1. The van der Waals surface area contributed by atoms with Crippen LogP contribution in [0.2, 0.25) is 5.02 Å². The average Bonchev–Trinajstić information content (AvgIpc) is 2.73. The summed E-state index contributed by atoms with van der Waals surface area (Å²) >= 11 is 6.42. The van der Waals surface area contributed by atoms with Gasteiger partial charge in [-0.15, -0.1) is 0 Å². The summed E-state index contributed by atoms with van der Waals surface area (Å²) in [6, 6.07) is 5.75. The van der Waals surface area contributed by atoms with Crippen molar-refractivity contribution < 1.29 is 18.0 Å². The Balaban J connectivity index is 1.64. The maximum atomic E-state index is 12.6. The Kier molecular flexibility index (Phi) is 6.59. The Bertz CT molecular complexity index is 1020. The normalized spacial score (nSPS) is 15.3. The smallest absolute Gasteiger partial charge is 0.402 e. The fourth-order valence-corrected chi connectivity index (χ4v) is 3.45. The number of hydrogen-bond acceptors (Lipinski definition) is 3. The van der Waals surface area contributed by atoms with Crippen molar-refractivity contribution in [3.8, 4) is 0 Å². The number of nitrogens with zero attached hydrogens (tertiary/aromatic N) is 2. The van der Waals surface area contributed by atoms with Gasteiger partial charge in [0, 0.05) is 36.6 Å². The molecular weight excluding hydrogens is 429 g/mol. The van der Waals surface area contributed by atoms with Gasteiger partial charge in [0.15, 0.2) is 0 Å². The summed E-state index contributed by atoms with van der Waals surface area (Å²) in [4.78, 5) is 18.5. The fraction of sp³-hybridized carbons (Fsp3) is 0.273. The van der Waals surface area contributed by atoms with Crippen molar-refractivity contribution in [2.45, 2.75) is 25.4 Å². The van der Waals surface area contributed by atoms with E-state index in [0.29, 0.717) is 41.6 Å². The number of aromatic nitrogens is 1. The van der Waals surface area contributed by atoms with Gasteiger partial charge in [-0.3, -0.25) is 4.98 Å². The molecular formula is C22H22ClF3N4O. The van der Waals surface area contributed by atoms with E-state index in [9.17, 15) is 18.0 Å². The Morgan fingerprint density at radius 1 is 1.32 bits per heavy atom. The topological polar surface area (TPSA) is 71.2 Å². The van der Waals surface area contributed by atoms with Crippen molar-refractivity contribution in [3.63, 3.8) is 0 Å². The monoisotopic (exact) mass is 450 g/mol. The van der Waals surface area contributed by atoms with Crippen LogP contribution in [0.15, 0.2) is 54.9 Å². The molecule has 3 N–H and O–H groups in total. The van der Waals surface area contributed by atoms with E-state index >= 15 is 0 Å². The van der Waals surface area contributed by atoms with Crippen LogP contribution in [0.1, 0.15) is 36.1 Å². The second kappa shape index (κ2) is 9.01. The molecule has 164 valence electrons. The summed E-state index contributed by atoms with van der Waals surface area (Å²) < 4.78 is 37.9. The van der Waals surface area contributed by atoms with Gasteiger partial charge in [0.1, 0.15) is 0 Å². The molecule has 0 saturated carbocycles. The number of pyridine rings is 1. The first-order chi connectivity index (χ1) is 14.6. The highest BCUT2D eigenvalue weighted by Gasteiger charge is 2.30. The predicted octanol–water partition coefficient (Wildman–Crippen LogP) is 5.65. The summed E-state index contributed by atoms with van der Waals surface area (Å²) in [7, 11) is 0. The number of anilines is 1. The maximum absolute atomic E-state index is 12.6. The second-order valence-corrected chi connectivity index (χ2v) is 7.73. The van der Waals surface area contributed by atoms with E-state index in [1.165, 1.54) is 12.1 Å². The van der Waals surface area contributed by atoms with Gasteiger partial charge in [-0.05, 0) is 47.9 Å². The molecule has 1 aromatic carbocycles. The third-order valence-corrected chi connectivity index (χ3v) is 5.47. The molecule has 5 nitrogen and oxygen atoms in total. The van der Waals surface area contributed by atoms with Crippen molar-refractivity contribution in [2.75, 3.05) is 18.4 Å². The first kappa shape index (κ1) is 22.7. The quantitative estimate of drug-likeness (QED) is 0.632. The maximum Gasteiger partial charge on any atom is 0.416 e. The van der Waals surface area contributed by atoms with Gasteiger partial charge in [0.2, 0.25) is 0 Å². The number of allylic oxidation sites excluding steroid dienone is 1. The minimum absolute atomic E-state index is 0.0660. The fourth-order valence-electron chi connectivity index (χ4n) is 3.15. The molecule has 1 atom stereocenters. The van der Waals surface area contributed by atoms with Gasteiger partial charge in [-0.1, -0.05) is 31.2 Å². The number of benzene rings is 1. The summed E-state index contributed by atoms with van der Waals surface area (Å²) in [6.45, 7) is 6.42. The van der Waals surface area contributed by atoms with E-state index in [0.717, 1.165) is 23.3 Å². The molecule has 2 aromatic rings. The first-order valence-electron chi connectivity index (χ1n) is 9.58. The molecule has 1 aromatic heterocycles. The molecule has 1 aliphatic heterocycles. The lowest BCUT2D eigenvalue weighted by Gasteiger charge is -2.27. The van der Waals surface area contributed by atoms with Crippen LogP contribution in [-0.4, -0.2) is 29.0 Å². The zero-order chi connectivity index (χ0) is 22.8. The molecule has 0 saturated heterocycles. The van der Waals surface area contributed by atoms with Gasteiger partial charge in [-0.25, -0.2) is 4.79 Å². The molecule has 0 aliphatic carbocycles. The third kappa shape index (κ3) is 5.38. The Morgan fingerprint density at radius 3 is 2.52 bits per heavy atom. The molecule has 2 amide bonds. The number of hydrogen-bond donors (Lipinski definition) is 2. The molecule has 1 aliphatic rings. The van der Waals surface area contributed by atoms with Crippen molar-refractivity contribution in [2.24, 2.45) is 5.73 Å². The van der Waals surface area contributed by atoms with E-state index in [1.807, 2.05) is 19.1 Å². The number of carbonyl (C=O) groups is 1. The predicted molar refractivity (Wildman–Crippen MR) is 116 cm³/mol. The number of urea groups is 1. The third-order valence-electron chi connectivity index (χ3n) is 5.18. The molecule has 2 heterocycles. The molecule has 0 spiro atoms. The van der Waals surface area contributed by atoms with Crippen LogP contribution in [0.5, 0.6) is 0 Å². The lowest BCUT2D eigenvalue weighted by Crippen LogP contribution is -2.38. The van der Waals surface area contributed by atoms with Gasteiger partial charge in [0.05, 0.1) is 16.3 Å². The van der Waals surface area contributed by atoms with Gasteiger partial charge in [-0.2, -0.15) is 13.2 Å². The number of nitrogens with two attached hydrogens (primary N) is 1. The lowest BCUT2D eigenvalue weighted by atomic mass is 9.98. The Hall–Kier alpha value is -3.00. The van der Waals surface area contributed by atoms with Crippen LogP contribution in [0, 0.1) is 0 Å². The number of carbonyl (C=O) groups excluding carboxylic acids is 1. The number of halogens is 4. The van der Waals surface area contributed by atoms with Crippen molar-refractivity contribution >= 4 is 28.9 Å². The number of rotatable bonds is 4. The number of alkyl halides is 3. The highest BCUT2D eigenvalue weighted by Crippen LogP contribution is 2.31. The molecule has 3 rings (SSSR count). The second-order valence-electron chi connectivity index (χ2n) is 7.33. The van der Waals surface area contributed by atoms with Gasteiger partial charge < -0.3 is 16.0 Å². The van der Waals surface area contributed by atoms with Gasteiger partial charge >= 0.3 is 12.2 Å². The minimum Gasteiger partial charge on any atom is -0.402 e. The van der Waals surface area contributed by atoms with Crippen molar-refractivity contribution in [1.29, 1.82) is 0 Å². The van der Waals surface area contributed by atoms with Crippen LogP contribution < -0.4 is 11.1 Å². The summed E-state index contributed by atoms with van der Waals surface area (Å²) in [5, 5.41) is 3.11. The standard InChI is InChI=1S/C22H22ClF3N4O/c1-13(14(2)27)16-11-19(23)20(28-12-16)15-7-9-30(10-8-15)21(31)29-18-5-3-17(4-6-18)22(24,25)26/h3-7,11-13H,2,8-10,27H2,1H3,(H,29,31). The zero-order valence-corrected chi connectivity index (χ0v) is 17.6.